The highest BCUT2D eigenvalue weighted by atomic mass is 35.5. The lowest BCUT2D eigenvalue weighted by molar-refractivity contribution is -0.190. The summed E-state index contributed by atoms with van der Waals surface area (Å²) in [6, 6.07) is 3.17. The molecule has 0 aromatic carbocycles. The summed E-state index contributed by atoms with van der Waals surface area (Å²) in [5.41, 5.74) is 1.36. The molecule has 0 radical (unpaired) electrons. The molecule has 1 atom stereocenters. The first-order valence-electron chi connectivity index (χ1n) is 5.16. The summed E-state index contributed by atoms with van der Waals surface area (Å²) in [6.07, 6.45) is -5.67. The molecule has 17 heavy (non-hydrogen) atoms. The van der Waals surface area contributed by atoms with Gasteiger partial charge < -0.3 is 4.74 Å². The lowest BCUT2D eigenvalue weighted by Crippen LogP contribution is -2.31. The average Bonchev–Trinajstić information content (AvgIpc) is 2.27. The third-order valence-electron chi connectivity index (χ3n) is 2.19. The van der Waals surface area contributed by atoms with Crippen molar-refractivity contribution in [2.45, 2.75) is 38.4 Å². The Balaban J connectivity index is 2.90. The summed E-state index contributed by atoms with van der Waals surface area (Å²) >= 11 is 5.65. The quantitative estimate of drug-likeness (QED) is 0.776. The van der Waals surface area contributed by atoms with Crippen LogP contribution in [0.5, 0.6) is 5.88 Å². The first kappa shape index (κ1) is 14.1. The summed E-state index contributed by atoms with van der Waals surface area (Å²) < 4.78 is 41.7. The Kier molecular flexibility index (Phi) is 4.62. The number of nitrogens with zero attached hydrogens (tertiary/aromatic N) is 1. The van der Waals surface area contributed by atoms with Crippen LogP contribution in [0.2, 0.25) is 0 Å². The molecule has 0 aliphatic carbocycles. The Morgan fingerprint density at radius 1 is 1.41 bits per heavy atom. The van der Waals surface area contributed by atoms with E-state index in [2.05, 4.69) is 4.98 Å². The van der Waals surface area contributed by atoms with Crippen molar-refractivity contribution in [3.8, 4) is 5.88 Å². The molecule has 6 heteroatoms. The maximum atomic E-state index is 12.3. The number of ether oxygens (including phenoxy) is 1. The van der Waals surface area contributed by atoms with Crippen LogP contribution in [0.15, 0.2) is 12.1 Å². The Labute approximate surface area is 103 Å². The lowest BCUT2D eigenvalue weighted by Gasteiger charge is -2.17. The number of halogens is 4. The van der Waals surface area contributed by atoms with Gasteiger partial charge in [-0.2, -0.15) is 13.2 Å². The number of aromatic nitrogens is 1. The van der Waals surface area contributed by atoms with Crippen LogP contribution in [0, 0.1) is 0 Å². The van der Waals surface area contributed by atoms with Crippen molar-refractivity contribution in [3.63, 3.8) is 0 Å². The summed E-state index contributed by atoms with van der Waals surface area (Å²) in [7, 11) is 0. The van der Waals surface area contributed by atoms with Gasteiger partial charge in [0.2, 0.25) is 5.88 Å². The zero-order chi connectivity index (χ0) is 13.1. The smallest absolute Gasteiger partial charge is 0.425 e. The third kappa shape index (κ3) is 4.07. The van der Waals surface area contributed by atoms with E-state index in [9.17, 15) is 13.2 Å². The molecule has 1 aromatic heterocycles. The van der Waals surface area contributed by atoms with Crippen LogP contribution in [0.1, 0.15) is 25.1 Å². The van der Waals surface area contributed by atoms with E-state index in [-0.39, 0.29) is 11.8 Å². The van der Waals surface area contributed by atoms with Crippen LogP contribution in [-0.2, 0) is 12.3 Å². The lowest BCUT2D eigenvalue weighted by atomic mass is 10.2. The highest BCUT2D eigenvalue weighted by molar-refractivity contribution is 6.17. The SMILES string of the molecule is CCc1cc(CCl)cc(OC(C)C(F)(F)F)n1. The van der Waals surface area contributed by atoms with Gasteiger partial charge in [-0.05, 0) is 25.0 Å². The molecule has 96 valence electrons. The molecule has 1 unspecified atom stereocenters. The summed E-state index contributed by atoms with van der Waals surface area (Å²) in [5.74, 6) is 0.177. The zero-order valence-electron chi connectivity index (χ0n) is 9.51. The van der Waals surface area contributed by atoms with Gasteiger partial charge in [0.15, 0.2) is 6.10 Å². The molecule has 0 bridgehead atoms. The van der Waals surface area contributed by atoms with Gasteiger partial charge in [-0.15, -0.1) is 11.6 Å². The minimum atomic E-state index is -4.40. The number of hydrogen-bond acceptors (Lipinski definition) is 2. The standard InChI is InChI=1S/C11H13ClF3NO/c1-3-9-4-8(6-12)5-10(16-9)17-7(2)11(13,14)15/h4-5,7H,3,6H2,1-2H3. The average molecular weight is 268 g/mol. The van der Waals surface area contributed by atoms with Crippen molar-refractivity contribution < 1.29 is 17.9 Å². The summed E-state index contributed by atoms with van der Waals surface area (Å²) in [4.78, 5) is 3.97. The van der Waals surface area contributed by atoms with Gasteiger partial charge in [-0.25, -0.2) is 4.98 Å². The van der Waals surface area contributed by atoms with Crippen LogP contribution in [-0.4, -0.2) is 17.3 Å². The van der Waals surface area contributed by atoms with Gasteiger partial charge in [0.1, 0.15) is 0 Å². The van der Waals surface area contributed by atoms with Crippen LogP contribution < -0.4 is 4.74 Å². The van der Waals surface area contributed by atoms with Crippen molar-refractivity contribution in [2.24, 2.45) is 0 Å². The molecule has 0 saturated heterocycles. The molecular formula is C11H13ClF3NO. The Morgan fingerprint density at radius 3 is 2.53 bits per heavy atom. The topological polar surface area (TPSA) is 22.1 Å². The van der Waals surface area contributed by atoms with Gasteiger partial charge in [0, 0.05) is 17.6 Å². The molecule has 2 nitrogen and oxygen atoms in total. The molecule has 0 spiro atoms. The molecule has 0 fully saturated rings. The second-order valence-electron chi connectivity index (χ2n) is 3.59. The first-order valence-corrected chi connectivity index (χ1v) is 5.69. The van der Waals surface area contributed by atoms with E-state index in [4.69, 9.17) is 16.3 Å². The Hall–Kier alpha value is -0.970. The summed E-state index contributed by atoms with van der Waals surface area (Å²) in [5, 5.41) is 0. The van der Waals surface area contributed by atoms with E-state index in [1.807, 2.05) is 6.92 Å². The highest BCUT2D eigenvalue weighted by Crippen LogP contribution is 2.25. The molecule has 1 aromatic rings. The van der Waals surface area contributed by atoms with E-state index in [0.29, 0.717) is 17.7 Å². The third-order valence-corrected chi connectivity index (χ3v) is 2.50. The second-order valence-corrected chi connectivity index (χ2v) is 3.86. The molecule has 1 rings (SSSR count). The maximum absolute atomic E-state index is 12.3. The predicted molar refractivity (Wildman–Crippen MR) is 59.3 cm³/mol. The van der Waals surface area contributed by atoms with Crippen LogP contribution in [0.3, 0.4) is 0 Å². The fourth-order valence-corrected chi connectivity index (χ4v) is 1.34. The van der Waals surface area contributed by atoms with Gasteiger partial charge in [0.25, 0.3) is 0 Å². The zero-order valence-corrected chi connectivity index (χ0v) is 10.3. The molecule has 1 heterocycles. The van der Waals surface area contributed by atoms with E-state index < -0.39 is 12.3 Å². The fourth-order valence-electron chi connectivity index (χ4n) is 1.19. The molecule has 0 N–H and O–H groups in total. The largest absolute Gasteiger partial charge is 0.465 e. The Bertz CT molecular complexity index is 359. The molecule has 0 amide bonds. The van der Waals surface area contributed by atoms with Crippen LogP contribution in [0.4, 0.5) is 13.2 Å². The minimum absolute atomic E-state index is 0.0372. The van der Waals surface area contributed by atoms with E-state index in [1.54, 1.807) is 6.07 Å². The number of hydrogen-bond donors (Lipinski definition) is 0. The molecule has 0 saturated carbocycles. The van der Waals surface area contributed by atoms with Gasteiger partial charge in [0.05, 0.1) is 0 Å². The van der Waals surface area contributed by atoms with Gasteiger partial charge in [-0.3, -0.25) is 0 Å². The fraction of sp³-hybridized carbons (Fsp3) is 0.545. The van der Waals surface area contributed by atoms with Crippen molar-refractivity contribution in [1.82, 2.24) is 4.98 Å². The number of alkyl halides is 4. The highest BCUT2D eigenvalue weighted by Gasteiger charge is 2.38. The normalized spacial score (nSPS) is 13.5. The van der Waals surface area contributed by atoms with Crippen molar-refractivity contribution in [2.75, 3.05) is 0 Å². The van der Waals surface area contributed by atoms with Crippen molar-refractivity contribution in [1.29, 1.82) is 0 Å². The van der Waals surface area contributed by atoms with Crippen molar-refractivity contribution in [3.05, 3.63) is 23.4 Å². The molecular weight excluding hydrogens is 255 g/mol. The van der Waals surface area contributed by atoms with Gasteiger partial charge in [-0.1, -0.05) is 6.92 Å². The number of rotatable bonds is 4. The number of aryl methyl sites for hydroxylation is 1. The van der Waals surface area contributed by atoms with E-state index in [1.165, 1.54) is 6.07 Å². The predicted octanol–water partition coefficient (Wildman–Crippen LogP) is 3.71. The maximum Gasteiger partial charge on any atom is 0.425 e. The Morgan fingerprint density at radius 2 is 2.06 bits per heavy atom. The van der Waals surface area contributed by atoms with Gasteiger partial charge >= 0.3 is 6.18 Å². The minimum Gasteiger partial charge on any atom is -0.465 e. The molecule has 0 aliphatic rings. The second kappa shape index (κ2) is 5.58. The summed E-state index contributed by atoms with van der Waals surface area (Å²) in [6.45, 7) is 2.80. The van der Waals surface area contributed by atoms with Crippen LogP contribution in [0.25, 0.3) is 0 Å². The monoisotopic (exact) mass is 267 g/mol. The first-order chi connectivity index (χ1) is 7.86. The molecule has 0 aliphatic heterocycles. The van der Waals surface area contributed by atoms with Crippen LogP contribution >= 0.6 is 11.6 Å². The van der Waals surface area contributed by atoms with Crippen molar-refractivity contribution >= 4 is 11.6 Å². The number of pyridine rings is 1. The van der Waals surface area contributed by atoms with E-state index in [0.717, 1.165) is 6.92 Å². The van der Waals surface area contributed by atoms with E-state index >= 15 is 0 Å².